The lowest BCUT2D eigenvalue weighted by Crippen LogP contribution is -2.32. The number of benzene rings is 1. The highest BCUT2D eigenvalue weighted by Crippen LogP contribution is 2.19. The number of carbonyl (C=O) groups is 1. The van der Waals surface area contributed by atoms with Crippen LogP contribution in [-0.2, 0) is 20.9 Å². The number of nitrogens with zero attached hydrogens (tertiary/aromatic N) is 3. The Kier molecular flexibility index (Phi) is 5.62. The Morgan fingerprint density at radius 3 is 2.83 bits per heavy atom. The molecule has 0 bridgehead atoms. The van der Waals surface area contributed by atoms with Gasteiger partial charge in [0.05, 0.1) is 0 Å². The van der Waals surface area contributed by atoms with Crippen LogP contribution in [0.4, 0.5) is 0 Å². The average Bonchev–Trinajstić information content (AvgIpc) is 3.06. The number of rotatable bonds is 8. The first kappa shape index (κ1) is 18.0. The summed E-state index contributed by atoms with van der Waals surface area (Å²) in [5.74, 6) is -0.552. The Labute approximate surface area is 139 Å². The molecule has 2 rings (SSSR count). The molecule has 2 atom stereocenters. The fourth-order valence-electron chi connectivity index (χ4n) is 2.18. The highest BCUT2D eigenvalue weighted by atomic mass is 32.2. The number of hydrogen-bond acceptors (Lipinski definition) is 7. The molecule has 130 valence electrons. The molecule has 1 heterocycles. The molecule has 10 heteroatoms. The monoisotopic (exact) mass is 352 g/mol. The van der Waals surface area contributed by atoms with Gasteiger partial charge in [0.15, 0.2) is 0 Å². The second-order valence-corrected chi connectivity index (χ2v) is 8.02. The molecule has 0 fully saturated rings. The number of carboxylic acids is 1. The summed E-state index contributed by atoms with van der Waals surface area (Å²) in [6.45, 7) is 1.93. The van der Waals surface area contributed by atoms with Gasteiger partial charge in [-0.1, -0.05) is 12.1 Å². The first-order valence-electron chi connectivity index (χ1n) is 7.34. The van der Waals surface area contributed by atoms with Crippen molar-refractivity contribution >= 4 is 15.7 Å². The first-order valence-corrected chi connectivity index (χ1v) is 9.24. The van der Waals surface area contributed by atoms with Crippen molar-refractivity contribution in [3.8, 4) is 11.4 Å². The first-order chi connectivity index (χ1) is 11.3. The van der Waals surface area contributed by atoms with Crippen LogP contribution >= 0.6 is 0 Å². The van der Waals surface area contributed by atoms with Crippen LogP contribution in [0.3, 0.4) is 0 Å². The van der Waals surface area contributed by atoms with E-state index in [4.69, 9.17) is 15.6 Å². The number of aliphatic carboxylic acids is 1. The van der Waals surface area contributed by atoms with Gasteiger partial charge in [0.2, 0.25) is 5.82 Å². The number of nitrogens with two attached hydrogens (primary N) is 1. The van der Waals surface area contributed by atoms with Crippen molar-refractivity contribution < 1.29 is 14.1 Å². The van der Waals surface area contributed by atoms with Crippen molar-refractivity contribution in [1.29, 1.82) is 4.78 Å². The third-order valence-corrected chi connectivity index (χ3v) is 5.49. The van der Waals surface area contributed by atoms with E-state index in [1.54, 1.807) is 0 Å². The minimum atomic E-state index is -2.88. The second kappa shape index (κ2) is 7.49. The van der Waals surface area contributed by atoms with Gasteiger partial charge in [0.1, 0.15) is 6.04 Å². The van der Waals surface area contributed by atoms with Crippen LogP contribution in [-0.4, -0.2) is 53.5 Å². The van der Waals surface area contributed by atoms with Gasteiger partial charge in [-0.05, 0) is 42.2 Å². The summed E-state index contributed by atoms with van der Waals surface area (Å²) in [6.07, 6.45) is 0.474. The van der Waals surface area contributed by atoms with Crippen LogP contribution < -0.4 is 5.73 Å². The number of hydrogen-bond donors (Lipinski definition) is 4. The van der Waals surface area contributed by atoms with E-state index in [0.29, 0.717) is 12.2 Å². The van der Waals surface area contributed by atoms with Crippen LogP contribution in [0.5, 0.6) is 0 Å². The summed E-state index contributed by atoms with van der Waals surface area (Å²) in [4.78, 5) is 10.7. The quantitative estimate of drug-likeness (QED) is 0.540. The van der Waals surface area contributed by atoms with E-state index >= 15 is 0 Å². The smallest absolute Gasteiger partial charge is 0.320 e. The molecule has 0 aliphatic carbocycles. The topological polar surface area (TPSA) is 159 Å². The minimum Gasteiger partial charge on any atom is -0.480 e. The molecular formula is C14H20N6O3S. The molecule has 0 saturated carbocycles. The Balaban J connectivity index is 2.03. The van der Waals surface area contributed by atoms with Crippen molar-refractivity contribution in [2.24, 2.45) is 5.73 Å². The summed E-state index contributed by atoms with van der Waals surface area (Å²) in [5.41, 5.74) is 8.14. The van der Waals surface area contributed by atoms with Gasteiger partial charge in [-0.3, -0.25) is 9.57 Å². The molecule has 9 nitrogen and oxygen atoms in total. The molecule has 2 aromatic rings. The lowest BCUT2D eigenvalue weighted by atomic mass is 10.0. The third kappa shape index (κ3) is 4.83. The molecule has 0 amide bonds. The van der Waals surface area contributed by atoms with Gasteiger partial charge in [-0.2, -0.15) is 5.21 Å². The van der Waals surface area contributed by atoms with E-state index in [-0.39, 0.29) is 17.9 Å². The van der Waals surface area contributed by atoms with Gasteiger partial charge < -0.3 is 10.8 Å². The zero-order chi connectivity index (χ0) is 17.7. The number of H-pyrrole nitrogens is 1. The third-order valence-electron chi connectivity index (χ3n) is 3.73. The SMILES string of the molecule is Cc1ccc(-c2nn[nH]n2)cc1CCS(=N)(=O)CC[C@H](N)C(=O)O. The van der Waals surface area contributed by atoms with Gasteiger partial charge in [0.25, 0.3) is 0 Å². The lowest BCUT2D eigenvalue weighted by molar-refractivity contribution is -0.138. The maximum Gasteiger partial charge on any atom is 0.320 e. The van der Waals surface area contributed by atoms with E-state index < -0.39 is 21.7 Å². The summed E-state index contributed by atoms with van der Waals surface area (Å²) >= 11 is 0. The van der Waals surface area contributed by atoms with E-state index in [1.165, 1.54) is 0 Å². The van der Waals surface area contributed by atoms with Crippen LogP contribution in [0, 0.1) is 11.7 Å². The van der Waals surface area contributed by atoms with Gasteiger partial charge in [-0.15, -0.1) is 10.2 Å². The van der Waals surface area contributed by atoms with Crippen LogP contribution in [0.25, 0.3) is 11.4 Å². The number of nitrogens with one attached hydrogen (secondary N) is 2. The number of aromatic amines is 1. The molecule has 0 aliphatic heterocycles. The predicted octanol–water partition coefficient (Wildman–Crippen LogP) is 0.566. The average molecular weight is 352 g/mol. The highest BCUT2D eigenvalue weighted by molar-refractivity contribution is 7.92. The van der Waals surface area contributed by atoms with E-state index in [0.717, 1.165) is 16.7 Å². The van der Waals surface area contributed by atoms with Crippen LogP contribution in [0.15, 0.2) is 18.2 Å². The number of carboxylic acid groups (broad SMARTS) is 1. The van der Waals surface area contributed by atoms with Crippen molar-refractivity contribution in [3.05, 3.63) is 29.3 Å². The van der Waals surface area contributed by atoms with Crippen molar-refractivity contribution in [2.45, 2.75) is 25.8 Å². The van der Waals surface area contributed by atoms with E-state index in [2.05, 4.69) is 20.6 Å². The molecular weight excluding hydrogens is 332 g/mol. The fourth-order valence-corrected chi connectivity index (χ4v) is 3.57. The molecule has 24 heavy (non-hydrogen) atoms. The van der Waals surface area contributed by atoms with Crippen LogP contribution in [0.2, 0.25) is 0 Å². The summed E-state index contributed by atoms with van der Waals surface area (Å²) in [6, 6.07) is 4.58. The summed E-state index contributed by atoms with van der Waals surface area (Å²) < 4.78 is 20.2. The van der Waals surface area contributed by atoms with Crippen molar-refractivity contribution in [2.75, 3.05) is 11.5 Å². The normalized spacial score (nSPS) is 14.9. The lowest BCUT2D eigenvalue weighted by Gasteiger charge is -2.11. The Morgan fingerprint density at radius 2 is 2.21 bits per heavy atom. The van der Waals surface area contributed by atoms with Crippen molar-refractivity contribution in [3.63, 3.8) is 0 Å². The van der Waals surface area contributed by atoms with Crippen LogP contribution in [0.1, 0.15) is 17.5 Å². The molecule has 0 radical (unpaired) electrons. The molecule has 5 N–H and O–H groups in total. The van der Waals surface area contributed by atoms with Crippen molar-refractivity contribution in [1.82, 2.24) is 20.6 Å². The standard InChI is InChI=1S/C14H20N6O3S/c1-9-2-3-11(13-17-19-20-18-13)8-10(9)4-6-24(16,23)7-5-12(15)14(21)22/h2-3,8,12,16H,4-7,15H2,1H3,(H,21,22)(H,17,18,19,20)/t12-,24?/m0/s1. The van der Waals surface area contributed by atoms with Gasteiger partial charge >= 0.3 is 5.97 Å². The molecule has 1 aromatic carbocycles. The maximum absolute atomic E-state index is 12.3. The fraction of sp³-hybridized carbons (Fsp3) is 0.429. The Bertz CT molecular complexity index is 804. The summed E-state index contributed by atoms with van der Waals surface area (Å²) in [5, 5.41) is 22.5. The predicted molar refractivity (Wildman–Crippen MR) is 88.9 cm³/mol. The summed E-state index contributed by atoms with van der Waals surface area (Å²) in [7, 11) is -2.88. The zero-order valence-corrected chi connectivity index (χ0v) is 14.0. The van der Waals surface area contributed by atoms with Gasteiger partial charge in [0, 0.05) is 26.8 Å². The Morgan fingerprint density at radius 1 is 1.46 bits per heavy atom. The largest absolute Gasteiger partial charge is 0.480 e. The molecule has 0 saturated heterocycles. The second-order valence-electron chi connectivity index (χ2n) is 5.58. The number of tetrazole rings is 1. The maximum atomic E-state index is 12.3. The molecule has 0 spiro atoms. The number of aromatic nitrogens is 4. The minimum absolute atomic E-state index is 0.0238. The molecule has 1 aromatic heterocycles. The van der Waals surface area contributed by atoms with E-state index in [9.17, 15) is 9.00 Å². The zero-order valence-electron chi connectivity index (χ0n) is 13.2. The highest BCUT2D eigenvalue weighted by Gasteiger charge is 2.16. The number of aryl methyl sites for hydroxylation is 2. The molecule has 0 aliphatic rings. The van der Waals surface area contributed by atoms with E-state index in [1.807, 2.05) is 25.1 Å². The Hall–Kier alpha value is -2.33. The molecule has 1 unspecified atom stereocenters. The van der Waals surface area contributed by atoms with Gasteiger partial charge in [-0.25, -0.2) is 4.21 Å².